The zero-order valence-corrected chi connectivity index (χ0v) is 12.0. The second-order valence-corrected chi connectivity index (χ2v) is 5.42. The molecule has 6 heteroatoms. The van der Waals surface area contributed by atoms with Crippen molar-refractivity contribution < 1.29 is 19.5 Å². The summed E-state index contributed by atoms with van der Waals surface area (Å²) in [7, 11) is 0. The molecular weight excluding hydrogens is 278 g/mol. The van der Waals surface area contributed by atoms with E-state index in [1.165, 1.54) is 11.8 Å². The Morgan fingerprint density at radius 1 is 1.20 bits per heavy atom. The molecule has 0 saturated carbocycles. The second-order valence-electron chi connectivity index (χ2n) is 4.39. The van der Waals surface area contributed by atoms with Gasteiger partial charge < -0.3 is 5.11 Å². The number of carbonyl (C=O) groups excluding carboxylic acids is 2. The van der Waals surface area contributed by atoms with Crippen LogP contribution in [0.25, 0.3) is 0 Å². The van der Waals surface area contributed by atoms with Crippen molar-refractivity contribution in [1.82, 2.24) is 5.32 Å². The predicted octanol–water partition coefficient (Wildman–Crippen LogP) is 1.33. The maximum Gasteiger partial charge on any atom is 0.307 e. The molecule has 0 fully saturated rings. The average molecular weight is 295 g/mol. The number of carboxylic acids is 1. The monoisotopic (exact) mass is 295 g/mol. The van der Waals surface area contributed by atoms with Gasteiger partial charge >= 0.3 is 5.97 Å². The van der Waals surface area contributed by atoms with Crippen molar-refractivity contribution in [3.63, 3.8) is 0 Å². The highest BCUT2D eigenvalue weighted by atomic mass is 32.2. The molecule has 0 spiro atoms. The van der Waals surface area contributed by atoms with E-state index in [1.807, 2.05) is 30.3 Å². The molecule has 0 radical (unpaired) electrons. The van der Waals surface area contributed by atoms with Crippen LogP contribution in [0.5, 0.6) is 0 Å². The summed E-state index contributed by atoms with van der Waals surface area (Å²) in [6.45, 7) is 1.58. The first kappa shape index (κ1) is 16.2. The number of aliphatic carboxylic acids is 1. The van der Waals surface area contributed by atoms with Gasteiger partial charge in [-0.05, 0) is 5.56 Å². The maximum atomic E-state index is 11.6. The van der Waals surface area contributed by atoms with E-state index in [-0.39, 0.29) is 18.1 Å². The number of carboxylic acid groups (broad SMARTS) is 1. The van der Waals surface area contributed by atoms with Crippen LogP contribution in [-0.4, -0.2) is 34.4 Å². The molecular formula is C14H17NO4S. The van der Waals surface area contributed by atoms with Crippen LogP contribution < -0.4 is 5.32 Å². The molecule has 0 aliphatic heterocycles. The van der Waals surface area contributed by atoms with E-state index in [0.717, 1.165) is 5.56 Å². The van der Waals surface area contributed by atoms with Crippen LogP contribution in [0.1, 0.15) is 12.5 Å². The van der Waals surface area contributed by atoms with Crippen LogP contribution >= 0.6 is 11.8 Å². The number of hydrogen-bond acceptors (Lipinski definition) is 4. The van der Waals surface area contributed by atoms with Gasteiger partial charge in [-0.3, -0.25) is 19.7 Å². The lowest BCUT2D eigenvalue weighted by Crippen LogP contribution is -2.33. The topological polar surface area (TPSA) is 83.5 Å². The molecule has 5 nitrogen and oxygen atoms in total. The Hall–Kier alpha value is -1.82. The van der Waals surface area contributed by atoms with E-state index in [0.29, 0.717) is 5.75 Å². The molecule has 0 bridgehead atoms. The van der Waals surface area contributed by atoms with E-state index < -0.39 is 17.8 Å². The minimum absolute atomic E-state index is 0.0815. The fourth-order valence-electron chi connectivity index (χ4n) is 1.42. The molecule has 0 aromatic heterocycles. The van der Waals surface area contributed by atoms with Crippen molar-refractivity contribution >= 4 is 29.5 Å². The van der Waals surface area contributed by atoms with E-state index in [4.69, 9.17) is 5.11 Å². The molecule has 1 rings (SSSR count). The summed E-state index contributed by atoms with van der Waals surface area (Å²) in [6.07, 6.45) is 0.156. The summed E-state index contributed by atoms with van der Waals surface area (Å²) >= 11 is 1.20. The summed E-state index contributed by atoms with van der Waals surface area (Å²) < 4.78 is 0. The first-order valence-electron chi connectivity index (χ1n) is 6.16. The quantitative estimate of drug-likeness (QED) is 0.793. The molecule has 0 aliphatic carbocycles. The summed E-state index contributed by atoms with van der Waals surface area (Å²) in [5, 5.41) is 11.0. The predicted molar refractivity (Wildman–Crippen MR) is 77.4 cm³/mol. The number of imide groups is 1. The van der Waals surface area contributed by atoms with Crippen molar-refractivity contribution in [2.45, 2.75) is 13.3 Å². The summed E-state index contributed by atoms with van der Waals surface area (Å²) in [5.74, 6) is -1.72. The Bertz CT molecular complexity index is 475. The van der Waals surface area contributed by atoms with Gasteiger partial charge in [-0.25, -0.2) is 0 Å². The number of carbonyl (C=O) groups is 3. The summed E-state index contributed by atoms with van der Waals surface area (Å²) in [6, 6.07) is 9.13. The first-order valence-corrected chi connectivity index (χ1v) is 7.31. The number of rotatable bonds is 7. The van der Waals surface area contributed by atoms with Crippen LogP contribution in [0.4, 0.5) is 0 Å². The van der Waals surface area contributed by atoms with Gasteiger partial charge in [0.25, 0.3) is 0 Å². The van der Waals surface area contributed by atoms with Crippen LogP contribution in [-0.2, 0) is 20.8 Å². The number of nitrogens with one attached hydrogen (secondary N) is 1. The first-order chi connectivity index (χ1) is 9.49. The summed E-state index contributed by atoms with van der Waals surface area (Å²) in [4.78, 5) is 33.7. The number of amides is 2. The smallest absolute Gasteiger partial charge is 0.307 e. The van der Waals surface area contributed by atoms with Crippen LogP contribution in [0.15, 0.2) is 30.3 Å². The maximum absolute atomic E-state index is 11.6. The third-order valence-electron chi connectivity index (χ3n) is 2.51. The Balaban J connectivity index is 2.25. The molecule has 1 aromatic rings. The van der Waals surface area contributed by atoms with Crippen LogP contribution in [0.2, 0.25) is 0 Å². The molecule has 0 saturated heterocycles. The molecule has 20 heavy (non-hydrogen) atoms. The zero-order chi connectivity index (χ0) is 15.0. The molecule has 2 N–H and O–H groups in total. The molecule has 1 atom stereocenters. The standard InChI is InChI=1S/C14H17NO4S/c1-10(14(18)19)8-20-9-13(17)15-12(16)7-11-5-3-2-4-6-11/h2-6,10H,7-9H2,1H3,(H,18,19)(H,15,16,17). The van der Waals surface area contributed by atoms with Gasteiger partial charge in [0.2, 0.25) is 11.8 Å². The number of thioether (sulfide) groups is 1. The van der Waals surface area contributed by atoms with Gasteiger partial charge in [0.15, 0.2) is 0 Å². The Labute approximate surface area is 121 Å². The van der Waals surface area contributed by atoms with Crippen molar-refractivity contribution in [2.24, 2.45) is 5.92 Å². The molecule has 1 unspecified atom stereocenters. The lowest BCUT2D eigenvalue weighted by atomic mass is 10.1. The molecule has 2 amide bonds. The molecule has 108 valence electrons. The van der Waals surface area contributed by atoms with Gasteiger partial charge in [-0.2, -0.15) is 11.8 Å². The summed E-state index contributed by atoms with van der Waals surface area (Å²) in [5.41, 5.74) is 0.838. The number of hydrogen-bond donors (Lipinski definition) is 2. The van der Waals surface area contributed by atoms with Crippen molar-refractivity contribution in [2.75, 3.05) is 11.5 Å². The fraction of sp³-hybridized carbons (Fsp3) is 0.357. The van der Waals surface area contributed by atoms with Crippen molar-refractivity contribution in [3.8, 4) is 0 Å². The van der Waals surface area contributed by atoms with E-state index in [1.54, 1.807) is 6.92 Å². The molecule has 0 aliphatic rings. The Morgan fingerprint density at radius 2 is 1.85 bits per heavy atom. The Kier molecular flexibility index (Phi) is 6.79. The lowest BCUT2D eigenvalue weighted by molar-refractivity contribution is -0.140. The van der Waals surface area contributed by atoms with Gasteiger partial charge in [0, 0.05) is 5.75 Å². The lowest BCUT2D eigenvalue weighted by Gasteiger charge is -2.06. The van der Waals surface area contributed by atoms with Crippen LogP contribution in [0, 0.1) is 5.92 Å². The van der Waals surface area contributed by atoms with Gasteiger partial charge in [0.05, 0.1) is 18.1 Å². The third-order valence-corrected chi connectivity index (χ3v) is 3.71. The molecule has 1 aromatic carbocycles. The van der Waals surface area contributed by atoms with Gasteiger partial charge in [-0.1, -0.05) is 37.3 Å². The van der Waals surface area contributed by atoms with Crippen molar-refractivity contribution in [1.29, 1.82) is 0 Å². The normalized spacial score (nSPS) is 11.7. The highest BCUT2D eigenvalue weighted by molar-refractivity contribution is 7.99. The second kappa shape index (κ2) is 8.37. The highest BCUT2D eigenvalue weighted by Crippen LogP contribution is 2.08. The Morgan fingerprint density at radius 3 is 2.45 bits per heavy atom. The van der Waals surface area contributed by atoms with E-state index >= 15 is 0 Å². The molecule has 0 heterocycles. The van der Waals surface area contributed by atoms with Crippen LogP contribution in [0.3, 0.4) is 0 Å². The van der Waals surface area contributed by atoms with Crippen molar-refractivity contribution in [3.05, 3.63) is 35.9 Å². The third kappa shape index (κ3) is 6.38. The fourth-order valence-corrected chi connectivity index (χ4v) is 2.29. The highest BCUT2D eigenvalue weighted by Gasteiger charge is 2.13. The van der Waals surface area contributed by atoms with E-state index in [2.05, 4.69) is 5.32 Å². The minimum Gasteiger partial charge on any atom is -0.481 e. The van der Waals surface area contributed by atoms with Gasteiger partial charge in [-0.15, -0.1) is 0 Å². The largest absolute Gasteiger partial charge is 0.481 e. The number of benzene rings is 1. The average Bonchev–Trinajstić information content (AvgIpc) is 2.39. The van der Waals surface area contributed by atoms with E-state index in [9.17, 15) is 14.4 Å². The minimum atomic E-state index is -0.891. The SMILES string of the molecule is CC(CSCC(=O)NC(=O)Cc1ccccc1)C(=O)O. The zero-order valence-electron chi connectivity index (χ0n) is 11.2. The van der Waals surface area contributed by atoms with Gasteiger partial charge in [0.1, 0.15) is 0 Å².